The van der Waals surface area contributed by atoms with Gasteiger partial charge in [0.1, 0.15) is 11.6 Å². The van der Waals surface area contributed by atoms with E-state index in [0.717, 1.165) is 17.7 Å². The Labute approximate surface area is 184 Å². The minimum Gasteiger partial charge on any atom is -0.492 e. The quantitative estimate of drug-likeness (QED) is 0.585. The zero-order valence-electron chi connectivity index (χ0n) is 16.1. The Balaban J connectivity index is 1.54. The number of benzene rings is 3. The van der Waals surface area contributed by atoms with Crippen molar-refractivity contribution in [1.82, 2.24) is 5.32 Å². The molecule has 1 heterocycles. The molecule has 160 valence electrons. The van der Waals surface area contributed by atoms with Gasteiger partial charge in [-0.3, -0.25) is 9.52 Å². The van der Waals surface area contributed by atoms with Crippen LogP contribution in [-0.4, -0.2) is 20.9 Å². The van der Waals surface area contributed by atoms with Crippen LogP contribution in [0.3, 0.4) is 0 Å². The van der Waals surface area contributed by atoms with Gasteiger partial charge in [0.2, 0.25) is 0 Å². The predicted octanol–water partition coefficient (Wildman–Crippen LogP) is 4.53. The van der Waals surface area contributed by atoms with Crippen molar-refractivity contribution < 1.29 is 22.3 Å². The largest absolute Gasteiger partial charge is 0.492 e. The molecule has 1 aliphatic heterocycles. The number of ether oxygens (including phenoxy) is 1. The molecule has 0 bridgehead atoms. The number of carbonyl (C=O) groups excluding carboxylic acids is 1. The fourth-order valence-corrected chi connectivity index (χ4v) is 4.66. The number of anilines is 1. The van der Waals surface area contributed by atoms with Crippen molar-refractivity contribution in [3.05, 3.63) is 88.7 Å². The number of para-hydroxylation sites is 1. The Hall–Kier alpha value is -3.10. The predicted molar refractivity (Wildman–Crippen MR) is 115 cm³/mol. The topological polar surface area (TPSA) is 84.5 Å². The summed E-state index contributed by atoms with van der Waals surface area (Å²) in [5.74, 6) is -0.352. The lowest BCUT2D eigenvalue weighted by molar-refractivity contribution is 0.0924. The van der Waals surface area contributed by atoms with E-state index < -0.39 is 21.7 Å². The van der Waals surface area contributed by atoms with Crippen molar-refractivity contribution in [2.45, 2.75) is 17.4 Å². The van der Waals surface area contributed by atoms with Gasteiger partial charge < -0.3 is 10.1 Å². The maximum Gasteiger partial charge on any atom is 0.261 e. The Bertz CT molecular complexity index is 1230. The van der Waals surface area contributed by atoms with E-state index in [1.807, 2.05) is 6.07 Å². The lowest BCUT2D eigenvalue weighted by atomic mass is 10.00. The summed E-state index contributed by atoms with van der Waals surface area (Å²) in [4.78, 5) is 12.8. The third-order valence-electron chi connectivity index (χ3n) is 4.83. The van der Waals surface area contributed by atoms with E-state index in [-0.39, 0.29) is 22.2 Å². The van der Waals surface area contributed by atoms with Gasteiger partial charge in [0.05, 0.1) is 22.6 Å². The van der Waals surface area contributed by atoms with Crippen LogP contribution in [-0.2, 0) is 10.0 Å². The molecule has 0 fully saturated rings. The van der Waals surface area contributed by atoms with Crippen LogP contribution in [0, 0.1) is 5.82 Å². The van der Waals surface area contributed by atoms with E-state index >= 15 is 0 Å². The Morgan fingerprint density at radius 1 is 1.06 bits per heavy atom. The highest BCUT2D eigenvalue weighted by molar-refractivity contribution is 7.92. The van der Waals surface area contributed by atoms with E-state index in [1.165, 1.54) is 36.4 Å². The van der Waals surface area contributed by atoms with Gasteiger partial charge in [-0.15, -0.1) is 0 Å². The van der Waals surface area contributed by atoms with E-state index in [4.69, 9.17) is 16.3 Å². The van der Waals surface area contributed by atoms with Crippen LogP contribution >= 0.6 is 11.6 Å². The number of halogens is 2. The van der Waals surface area contributed by atoms with Gasteiger partial charge in [-0.25, -0.2) is 12.8 Å². The molecule has 6 nitrogen and oxygen atoms in total. The SMILES string of the molecule is O=C(NC1CCOc2c(Cl)cccc21)c1cccc(S(=O)(=O)Nc2ccc(F)cc2)c1. The van der Waals surface area contributed by atoms with Crippen LogP contribution < -0.4 is 14.8 Å². The number of carbonyl (C=O) groups is 1. The summed E-state index contributed by atoms with van der Waals surface area (Å²) in [5, 5.41) is 3.39. The molecule has 0 spiro atoms. The Morgan fingerprint density at radius 2 is 1.81 bits per heavy atom. The lowest BCUT2D eigenvalue weighted by Crippen LogP contribution is -2.32. The summed E-state index contributed by atoms with van der Waals surface area (Å²) in [6, 6.07) is 15.6. The molecule has 0 saturated heterocycles. The second-order valence-corrected chi connectivity index (χ2v) is 9.05. The summed E-state index contributed by atoms with van der Waals surface area (Å²) >= 11 is 6.17. The van der Waals surface area contributed by atoms with E-state index in [9.17, 15) is 17.6 Å². The monoisotopic (exact) mass is 460 g/mol. The number of sulfonamides is 1. The van der Waals surface area contributed by atoms with Crippen molar-refractivity contribution >= 4 is 33.2 Å². The van der Waals surface area contributed by atoms with E-state index in [2.05, 4.69) is 10.0 Å². The van der Waals surface area contributed by atoms with Gasteiger partial charge in [-0.05, 0) is 48.5 Å². The fourth-order valence-electron chi connectivity index (χ4n) is 3.31. The molecule has 31 heavy (non-hydrogen) atoms. The molecule has 0 aliphatic carbocycles. The van der Waals surface area contributed by atoms with Gasteiger partial charge in [-0.2, -0.15) is 0 Å². The molecular weight excluding hydrogens is 443 g/mol. The minimum atomic E-state index is -3.96. The van der Waals surface area contributed by atoms with Gasteiger partial charge in [0, 0.05) is 23.2 Å². The summed E-state index contributed by atoms with van der Waals surface area (Å²) in [6.07, 6.45) is 0.559. The van der Waals surface area contributed by atoms with Crippen LogP contribution in [0.25, 0.3) is 0 Å². The smallest absolute Gasteiger partial charge is 0.261 e. The maximum absolute atomic E-state index is 13.1. The van der Waals surface area contributed by atoms with Crippen molar-refractivity contribution in [2.75, 3.05) is 11.3 Å². The number of amides is 1. The number of nitrogens with one attached hydrogen (secondary N) is 2. The average molecular weight is 461 g/mol. The molecule has 0 radical (unpaired) electrons. The number of fused-ring (bicyclic) bond motifs is 1. The molecule has 1 unspecified atom stereocenters. The molecule has 0 saturated carbocycles. The highest BCUT2D eigenvalue weighted by Gasteiger charge is 2.25. The molecule has 1 atom stereocenters. The molecule has 2 N–H and O–H groups in total. The molecule has 1 aliphatic rings. The Kier molecular flexibility index (Phi) is 5.84. The van der Waals surface area contributed by atoms with Gasteiger partial charge in [0.15, 0.2) is 0 Å². The second-order valence-electron chi connectivity index (χ2n) is 6.96. The molecule has 0 aromatic heterocycles. The highest BCUT2D eigenvalue weighted by Crippen LogP contribution is 2.37. The molecule has 4 rings (SSSR count). The second kappa shape index (κ2) is 8.56. The van der Waals surface area contributed by atoms with E-state index in [1.54, 1.807) is 12.1 Å². The number of hydrogen-bond acceptors (Lipinski definition) is 4. The van der Waals surface area contributed by atoms with E-state index in [0.29, 0.717) is 23.8 Å². The minimum absolute atomic E-state index is 0.0834. The highest BCUT2D eigenvalue weighted by atomic mass is 35.5. The van der Waals surface area contributed by atoms with Crippen molar-refractivity contribution in [2.24, 2.45) is 0 Å². The van der Waals surface area contributed by atoms with Crippen LogP contribution in [0.1, 0.15) is 28.4 Å². The standard InChI is InChI=1S/C22H18ClFN2O4S/c23-19-6-2-5-18-20(11-12-30-21(18)19)25-22(27)14-3-1-4-17(13-14)31(28,29)26-16-9-7-15(24)8-10-16/h1-10,13,20,26H,11-12H2,(H,25,27). The van der Waals surface area contributed by atoms with Crippen LogP contribution in [0.5, 0.6) is 5.75 Å². The first-order valence-corrected chi connectivity index (χ1v) is 11.3. The van der Waals surface area contributed by atoms with Crippen LogP contribution in [0.4, 0.5) is 10.1 Å². The first-order chi connectivity index (χ1) is 14.8. The zero-order chi connectivity index (χ0) is 22.0. The maximum atomic E-state index is 13.1. The summed E-state index contributed by atoms with van der Waals surface area (Å²) in [5.41, 5.74) is 1.18. The average Bonchev–Trinajstić information content (AvgIpc) is 2.76. The molecule has 1 amide bonds. The first kappa shape index (κ1) is 21.1. The summed E-state index contributed by atoms with van der Waals surface area (Å²) < 4.78 is 46.4. The first-order valence-electron chi connectivity index (χ1n) is 9.44. The third kappa shape index (κ3) is 4.65. The number of hydrogen-bond donors (Lipinski definition) is 2. The molecule has 3 aromatic carbocycles. The summed E-state index contributed by atoms with van der Waals surface area (Å²) in [6.45, 7) is 0.400. The molecule has 9 heteroatoms. The molecule has 3 aromatic rings. The Morgan fingerprint density at radius 3 is 2.58 bits per heavy atom. The third-order valence-corrected chi connectivity index (χ3v) is 6.51. The van der Waals surface area contributed by atoms with Gasteiger partial charge in [-0.1, -0.05) is 29.8 Å². The van der Waals surface area contributed by atoms with Crippen molar-refractivity contribution in [3.8, 4) is 5.75 Å². The number of rotatable bonds is 5. The van der Waals surface area contributed by atoms with Gasteiger partial charge >= 0.3 is 0 Å². The van der Waals surface area contributed by atoms with Crippen LogP contribution in [0.15, 0.2) is 71.6 Å². The van der Waals surface area contributed by atoms with Crippen molar-refractivity contribution in [3.63, 3.8) is 0 Å². The van der Waals surface area contributed by atoms with Gasteiger partial charge in [0.25, 0.3) is 15.9 Å². The fraction of sp³-hybridized carbons (Fsp3) is 0.136. The molecular formula is C22H18ClFN2O4S. The lowest BCUT2D eigenvalue weighted by Gasteiger charge is -2.27. The summed E-state index contributed by atoms with van der Waals surface area (Å²) in [7, 11) is -3.96. The van der Waals surface area contributed by atoms with Crippen LogP contribution in [0.2, 0.25) is 5.02 Å². The normalized spacial score (nSPS) is 15.5. The zero-order valence-corrected chi connectivity index (χ0v) is 17.7. The van der Waals surface area contributed by atoms with Crippen molar-refractivity contribution in [1.29, 1.82) is 0 Å².